The standard InChI is InChI=1S/C11H11NO.CH4/c1-8-4-5-10-9(7-8)3-2-6-12-11(10)13;/h2-5,7H,6H2,1H3,(H,12,13);1H4. The molecule has 1 aliphatic rings. The van der Waals surface area contributed by atoms with Crippen molar-refractivity contribution in [2.45, 2.75) is 14.4 Å². The highest BCUT2D eigenvalue weighted by atomic mass is 16.1. The Hall–Kier alpha value is -1.57. The SMILES string of the molecule is C.Cc1ccc2c(c1)C=CCNC2=O. The molecule has 74 valence electrons. The maximum Gasteiger partial charge on any atom is 0.252 e. The summed E-state index contributed by atoms with van der Waals surface area (Å²) < 4.78 is 0. The van der Waals surface area contributed by atoms with Crippen molar-refractivity contribution in [3.05, 3.63) is 41.0 Å². The lowest BCUT2D eigenvalue weighted by molar-refractivity contribution is 0.0958. The first-order chi connectivity index (χ1) is 6.27. The van der Waals surface area contributed by atoms with Crippen LogP contribution in [0.15, 0.2) is 24.3 Å². The predicted molar refractivity (Wildman–Crippen MR) is 59.3 cm³/mol. The van der Waals surface area contributed by atoms with Crippen molar-refractivity contribution in [1.29, 1.82) is 0 Å². The fourth-order valence-electron chi connectivity index (χ4n) is 1.46. The van der Waals surface area contributed by atoms with Crippen LogP contribution in [0.1, 0.15) is 28.9 Å². The molecule has 1 amide bonds. The van der Waals surface area contributed by atoms with Gasteiger partial charge in [0.1, 0.15) is 0 Å². The zero-order chi connectivity index (χ0) is 9.26. The smallest absolute Gasteiger partial charge is 0.252 e. The van der Waals surface area contributed by atoms with Crippen LogP contribution in [-0.2, 0) is 0 Å². The molecule has 2 heteroatoms. The Kier molecular flexibility index (Phi) is 3.07. The second-order valence-electron chi connectivity index (χ2n) is 3.20. The molecule has 1 aromatic rings. The fraction of sp³-hybridized carbons (Fsp3) is 0.250. The van der Waals surface area contributed by atoms with E-state index in [-0.39, 0.29) is 13.3 Å². The lowest BCUT2D eigenvalue weighted by atomic mass is 10.0. The lowest BCUT2D eigenvalue weighted by Gasteiger charge is -2.03. The zero-order valence-electron chi connectivity index (χ0n) is 7.50. The molecule has 0 saturated carbocycles. The van der Waals surface area contributed by atoms with Gasteiger partial charge in [-0.3, -0.25) is 4.79 Å². The Balaban J connectivity index is 0.000000980. The van der Waals surface area contributed by atoms with E-state index in [4.69, 9.17) is 0 Å². The maximum absolute atomic E-state index is 11.5. The average Bonchev–Trinajstić information content (AvgIpc) is 2.28. The van der Waals surface area contributed by atoms with Crippen LogP contribution in [0.25, 0.3) is 6.08 Å². The number of fused-ring (bicyclic) bond motifs is 1. The number of hydrogen-bond acceptors (Lipinski definition) is 1. The molecule has 14 heavy (non-hydrogen) atoms. The van der Waals surface area contributed by atoms with Gasteiger partial charge in [0.25, 0.3) is 5.91 Å². The van der Waals surface area contributed by atoms with Gasteiger partial charge in [-0.2, -0.15) is 0 Å². The molecule has 1 aliphatic heterocycles. The number of amides is 1. The molecule has 1 aromatic carbocycles. The van der Waals surface area contributed by atoms with Crippen molar-refractivity contribution in [1.82, 2.24) is 5.32 Å². The van der Waals surface area contributed by atoms with Crippen LogP contribution < -0.4 is 5.32 Å². The molecule has 0 aromatic heterocycles. The minimum Gasteiger partial charge on any atom is -0.349 e. The number of carbonyl (C=O) groups excluding carboxylic acids is 1. The molecule has 0 atom stereocenters. The van der Waals surface area contributed by atoms with Crippen molar-refractivity contribution in [3.8, 4) is 0 Å². The Morgan fingerprint density at radius 2 is 2.14 bits per heavy atom. The topological polar surface area (TPSA) is 29.1 Å². The van der Waals surface area contributed by atoms with Gasteiger partial charge in [-0.05, 0) is 18.6 Å². The average molecular weight is 189 g/mol. The molecule has 2 nitrogen and oxygen atoms in total. The van der Waals surface area contributed by atoms with Gasteiger partial charge < -0.3 is 5.32 Å². The lowest BCUT2D eigenvalue weighted by Crippen LogP contribution is -2.22. The third-order valence-corrected chi connectivity index (χ3v) is 2.13. The van der Waals surface area contributed by atoms with Crippen LogP contribution in [0.2, 0.25) is 0 Å². The Morgan fingerprint density at radius 3 is 2.93 bits per heavy atom. The molecule has 1 N–H and O–H groups in total. The van der Waals surface area contributed by atoms with Crippen molar-refractivity contribution < 1.29 is 4.79 Å². The number of aryl methyl sites for hydroxylation is 1. The minimum absolute atomic E-state index is 0. The van der Waals surface area contributed by atoms with Gasteiger partial charge in [-0.25, -0.2) is 0 Å². The molecule has 0 saturated heterocycles. The second kappa shape index (κ2) is 4.09. The molecule has 2 rings (SSSR count). The number of carbonyl (C=O) groups is 1. The molecule has 0 unspecified atom stereocenters. The minimum atomic E-state index is 0. The highest BCUT2D eigenvalue weighted by Crippen LogP contribution is 2.15. The second-order valence-corrected chi connectivity index (χ2v) is 3.20. The summed E-state index contributed by atoms with van der Waals surface area (Å²) in [5, 5.41) is 2.79. The van der Waals surface area contributed by atoms with Gasteiger partial charge in [-0.1, -0.05) is 37.3 Å². The van der Waals surface area contributed by atoms with Crippen LogP contribution in [0.5, 0.6) is 0 Å². The number of rotatable bonds is 0. The normalized spacial score (nSPS) is 13.6. The summed E-state index contributed by atoms with van der Waals surface area (Å²) in [6.45, 7) is 2.64. The molecule has 1 heterocycles. The van der Waals surface area contributed by atoms with Crippen LogP contribution in [0.4, 0.5) is 0 Å². The van der Waals surface area contributed by atoms with Gasteiger partial charge >= 0.3 is 0 Å². The largest absolute Gasteiger partial charge is 0.349 e. The van der Waals surface area contributed by atoms with E-state index in [1.54, 1.807) is 0 Å². The van der Waals surface area contributed by atoms with Gasteiger partial charge in [0.15, 0.2) is 0 Å². The number of nitrogens with one attached hydrogen (secondary N) is 1. The number of hydrogen-bond donors (Lipinski definition) is 1. The van der Waals surface area contributed by atoms with Gasteiger partial charge in [0.05, 0.1) is 0 Å². The monoisotopic (exact) mass is 189 g/mol. The summed E-state index contributed by atoms with van der Waals surface area (Å²) in [6.07, 6.45) is 3.95. The quantitative estimate of drug-likeness (QED) is 0.667. The van der Waals surface area contributed by atoms with E-state index in [9.17, 15) is 4.79 Å². The van der Waals surface area contributed by atoms with E-state index < -0.39 is 0 Å². The third kappa shape index (κ3) is 1.84. The Labute approximate surface area is 84.6 Å². The van der Waals surface area contributed by atoms with Gasteiger partial charge in [0, 0.05) is 12.1 Å². The van der Waals surface area contributed by atoms with E-state index in [1.165, 1.54) is 5.56 Å². The molecular weight excluding hydrogens is 174 g/mol. The summed E-state index contributed by atoms with van der Waals surface area (Å²) in [6, 6.07) is 5.85. The van der Waals surface area contributed by atoms with Crippen LogP contribution in [0, 0.1) is 6.92 Å². The van der Waals surface area contributed by atoms with Crippen LogP contribution in [-0.4, -0.2) is 12.5 Å². The summed E-state index contributed by atoms with van der Waals surface area (Å²) in [4.78, 5) is 11.5. The molecule has 0 bridgehead atoms. The van der Waals surface area contributed by atoms with Crippen molar-refractivity contribution in [2.24, 2.45) is 0 Å². The molecule has 0 fully saturated rings. The molecule has 0 spiro atoms. The van der Waals surface area contributed by atoms with Crippen molar-refractivity contribution >= 4 is 12.0 Å². The zero-order valence-corrected chi connectivity index (χ0v) is 7.50. The fourth-order valence-corrected chi connectivity index (χ4v) is 1.46. The molecule has 0 radical (unpaired) electrons. The molecular formula is C12H15NO. The summed E-state index contributed by atoms with van der Waals surface area (Å²) >= 11 is 0. The van der Waals surface area contributed by atoms with Crippen molar-refractivity contribution in [2.75, 3.05) is 6.54 Å². The first-order valence-electron chi connectivity index (χ1n) is 4.33. The van der Waals surface area contributed by atoms with E-state index in [0.29, 0.717) is 6.54 Å². The first kappa shape index (κ1) is 10.5. The highest BCUT2D eigenvalue weighted by molar-refractivity contribution is 5.98. The van der Waals surface area contributed by atoms with E-state index in [2.05, 4.69) is 5.32 Å². The predicted octanol–water partition coefficient (Wildman–Crippen LogP) is 2.39. The number of benzene rings is 1. The first-order valence-corrected chi connectivity index (χ1v) is 4.33. The summed E-state index contributed by atoms with van der Waals surface area (Å²) in [5.74, 6) is 0.0139. The van der Waals surface area contributed by atoms with E-state index >= 15 is 0 Å². The highest BCUT2D eigenvalue weighted by Gasteiger charge is 2.10. The molecule has 0 aliphatic carbocycles. The summed E-state index contributed by atoms with van der Waals surface area (Å²) in [5.41, 5.74) is 2.95. The van der Waals surface area contributed by atoms with Crippen molar-refractivity contribution in [3.63, 3.8) is 0 Å². The third-order valence-electron chi connectivity index (χ3n) is 2.13. The maximum atomic E-state index is 11.5. The van der Waals surface area contributed by atoms with E-state index in [1.807, 2.05) is 37.3 Å². The summed E-state index contributed by atoms with van der Waals surface area (Å²) in [7, 11) is 0. The van der Waals surface area contributed by atoms with Gasteiger partial charge in [-0.15, -0.1) is 0 Å². The van der Waals surface area contributed by atoms with E-state index in [0.717, 1.165) is 11.1 Å². The Morgan fingerprint density at radius 1 is 1.36 bits per heavy atom. The van der Waals surface area contributed by atoms with Gasteiger partial charge in [0.2, 0.25) is 0 Å². The van der Waals surface area contributed by atoms with Crippen LogP contribution >= 0.6 is 0 Å². The Bertz CT molecular complexity index is 380. The van der Waals surface area contributed by atoms with Crippen LogP contribution in [0.3, 0.4) is 0 Å².